The smallest absolute Gasteiger partial charge is 0.245 e. The van der Waals surface area contributed by atoms with E-state index >= 15 is 0 Å². The summed E-state index contributed by atoms with van der Waals surface area (Å²) in [5.74, 6) is 0.262. The first kappa shape index (κ1) is 12.0. The first-order valence-electron chi connectivity index (χ1n) is 5.43. The molecule has 1 aliphatic heterocycles. The molecule has 2 amide bonds. The van der Waals surface area contributed by atoms with Crippen molar-refractivity contribution in [1.82, 2.24) is 10.2 Å². The maximum atomic E-state index is 11.9. The van der Waals surface area contributed by atoms with Gasteiger partial charge in [-0.1, -0.05) is 27.7 Å². The Morgan fingerprint density at radius 3 is 2.07 bits per heavy atom. The fourth-order valence-electron chi connectivity index (χ4n) is 2.03. The van der Waals surface area contributed by atoms with Crippen molar-refractivity contribution in [2.75, 3.05) is 7.05 Å². The molecule has 0 saturated carbocycles. The minimum absolute atomic E-state index is 0.0169. The van der Waals surface area contributed by atoms with Crippen molar-refractivity contribution in [3.63, 3.8) is 0 Å². The summed E-state index contributed by atoms with van der Waals surface area (Å²) in [6, 6.07) is -0.690. The molecule has 1 aliphatic rings. The van der Waals surface area contributed by atoms with E-state index in [1.165, 1.54) is 0 Å². The predicted molar refractivity (Wildman–Crippen MR) is 58.2 cm³/mol. The molecule has 1 N–H and O–H groups in total. The largest absolute Gasteiger partial charge is 0.342 e. The maximum absolute atomic E-state index is 11.9. The summed E-state index contributed by atoms with van der Waals surface area (Å²) < 4.78 is 0. The Balaban J connectivity index is 2.89. The Bertz CT molecular complexity index is 274. The molecule has 0 radical (unpaired) electrons. The van der Waals surface area contributed by atoms with Gasteiger partial charge in [-0.15, -0.1) is 0 Å². The van der Waals surface area contributed by atoms with Crippen LogP contribution < -0.4 is 5.32 Å². The lowest BCUT2D eigenvalue weighted by molar-refractivity contribution is -0.150. The van der Waals surface area contributed by atoms with Gasteiger partial charge in [0.25, 0.3) is 0 Å². The number of piperazine rings is 1. The van der Waals surface area contributed by atoms with Gasteiger partial charge < -0.3 is 10.2 Å². The number of likely N-dealkylation sites (N-methyl/N-ethyl adjacent to an activating group) is 1. The first-order valence-corrected chi connectivity index (χ1v) is 5.43. The minimum Gasteiger partial charge on any atom is -0.342 e. The van der Waals surface area contributed by atoms with Crippen LogP contribution in [0.1, 0.15) is 27.7 Å². The standard InChI is InChI=1S/C11H20N2O2/c1-6(2)8-11(15)13(5)9(7(3)4)10(14)12-8/h6-9H,1-5H3,(H,12,14). The highest BCUT2D eigenvalue weighted by Gasteiger charge is 2.40. The molecule has 1 saturated heterocycles. The Kier molecular flexibility index (Phi) is 3.37. The number of nitrogens with one attached hydrogen (secondary N) is 1. The van der Waals surface area contributed by atoms with Gasteiger partial charge in [0.15, 0.2) is 0 Å². The van der Waals surface area contributed by atoms with Crippen LogP contribution in [0.4, 0.5) is 0 Å². The molecule has 15 heavy (non-hydrogen) atoms. The van der Waals surface area contributed by atoms with Crippen LogP contribution in [0.5, 0.6) is 0 Å². The van der Waals surface area contributed by atoms with E-state index in [1.807, 2.05) is 27.7 Å². The van der Waals surface area contributed by atoms with Crippen LogP contribution in [0, 0.1) is 11.8 Å². The van der Waals surface area contributed by atoms with Crippen LogP contribution in [0.2, 0.25) is 0 Å². The Morgan fingerprint density at radius 1 is 1.13 bits per heavy atom. The monoisotopic (exact) mass is 212 g/mol. The summed E-state index contributed by atoms with van der Waals surface area (Å²) in [4.78, 5) is 25.3. The second-order valence-electron chi connectivity index (χ2n) is 4.87. The topological polar surface area (TPSA) is 49.4 Å². The molecule has 2 atom stereocenters. The van der Waals surface area contributed by atoms with Crippen molar-refractivity contribution in [3.8, 4) is 0 Å². The fourth-order valence-corrected chi connectivity index (χ4v) is 2.03. The van der Waals surface area contributed by atoms with E-state index in [1.54, 1.807) is 11.9 Å². The van der Waals surface area contributed by atoms with Gasteiger partial charge in [0.05, 0.1) is 0 Å². The van der Waals surface area contributed by atoms with Gasteiger partial charge in [-0.05, 0) is 11.8 Å². The number of carbonyl (C=O) groups is 2. The van der Waals surface area contributed by atoms with Gasteiger partial charge in [-0.2, -0.15) is 0 Å². The van der Waals surface area contributed by atoms with E-state index in [-0.39, 0.29) is 35.7 Å². The number of rotatable bonds is 2. The summed E-state index contributed by atoms with van der Waals surface area (Å²) >= 11 is 0. The molecule has 0 aromatic carbocycles. The summed E-state index contributed by atoms with van der Waals surface area (Å²) in [6.45, 7) is 7.77. The first-order chi connectivity index (χ1) is 6.86. The van der Waals surface area contributed by atoms with Crippen LogP contribution in [0.3, 0.4) is 0 Å². The number of carbonyl (C=O) groups excluding carboxylic acids is 2. The molecule has 2 unspecified atom stereocenters. The molecule has 0 aromatic heterocycles. The van der Waals surface area contributed by atoms with Gasteiger partial charge in [0.1, 0.15) is 12.1 Å². The lowest BCUT2D eigenvalue weighted by Gasteiger charge is -2.39. The zero-order valence-electron chi connectivity index (χ0n) is 10.1. The summed E-state index contributed by atoms with van der Waals surface area (Å²) in [5, 5.41) is 2.80. The fraction of sp³-hybridized carbons (Fsp3) is 0.818. The van der Waals surface area contributed by atoms with E-state index in [2.05, 4.69) is 5.32 Å². The van der Waals surface area contributed by atoms with Gasteiger partial charge in [0.2, 0.25) is 11.8 Å². The Hall–Kier alpha value is -1.06. The molecule has 0 aromatic rings. The van der Waals surface area contributed by atoms with Gasteiger partial charge in [0, 0.05) is 7.05 Å². The number of nitrogens with zero attached hydrogens (tertiary/aromatic N) is 1. The molecule has 0 aliphatic carbocycles. The quantitative estimate of drug-likeness (QED) is 0.729. The second kappa shape index (κ2) is 4.21. The molecular weight excluding hydrogens is 192 g/mol. The Labute approximate surface area is 91.0 Å². The van der Waals surface area contributed by atoms with Crippen molar-refractivity contribution in [2.45, 2.75) is 39.8 Å². The van der Waals surface area contributed by atoms with Gasteiger partial charge >= 0.3 is 0 Å². The summed E-state index contributed by atoms with van der Waals surface area (Å²) in [6.07, 6.45) is 0. The number of hydrogen-bond donors (Lipinski definition) is 1. The lowest BCUT2D eigenvalue weighted by atomic mass is 9.93. The van der Waals surface area contributed by atoms with Crippen molar-refractivity contribution in [1.29, 1.82) is 0 Å². The maximum Gasteiger partial charge on any atom is 0.245 e. The average Bonchev–Trinajstić information content (AvgIpc) is 2.10. The average molecular weight is 212 g/mol. The lowest BCUT2D eigenvalue weighted by Crippen LogP contribution is -2.64. The zero-order chi connectivity index (χ0) is 11.7. The van der Waals surface area contributed by atoms with Crippen molar-refractivity contribution in [2.24, 2.45) is 11.8 Å². The third-order valence-corrected chi connectivity index (χ3v) is 2.90. The highest BCUT2D eigenvalue weighted by atomic mass is 16.2. The van der Waals surface area contributed by atoms with Gasteiger partial charge in [-0.3, -0.25) is 9.59 Å². The third-order valence-electron chi connectivity index (χ3n) is 2.90. The van der Waals surface area contributed by atoms with E-state index in [0.29, 0.717) is 0 Å². The third kappa shape index (κ3) is 2.13. The van der Waals surface area contributed by atoms with E-state index < -0.39 is 0 Å². The minimum atomic E-state index is -0.363. The Morgan fingerprint density at radius 2 is 1.67 bits per heavy atom. The van der Waals surface area contributed by atoms with E-state index in [9.17, 15) is 9.59 Å². The van der Waals surface area contributed by atoms with Crippen molar-refractivity contribution in [3.05, 3.63) is 0 Å². The number of hydrogen-bond acceptors (Lipinski definition) is 2. The normalized spacial score (nSPS) is 27.5. The van der Waals surface area contributed by atoms with Crippen molar-refractivity contribution >= 4 is 11.8 Å². The zero-order valence-corrected chi connectivity index (χ0v) is 10.1. The molecule has 1 heterocycles. The highest BCUT2D eigenvalue weighted by molar-refractivity contribution is 5.97. The van der Waals surface area contributed by atoms with Gasteiger partial charge in [-0.25, -0.2) is 0 Å². The molecule has 0 spiro atoms. The van der Waals surface area contributed by atoms with Crippen LogP contribution in [0.25, 0.3) is 0 Å². The molecule has 0 bridgehead atoms. The molecule has 4 nitrogen and oxygen atoms in total. The number of amides is 2. The van der Waals surface area contributed by atoms with Crippen LogP contribution in [0.15, 0.2) is 0 Å². The molecule has 1 rings (SSSR count). The van der Waals surface area contributed by atoms with E-state index in [0.717, 1.165) is 0 Å². The van der Waals surface area contributed by atoms with Crippen LogP contribution in [-0.2, 0) is 9.59 Å². The summed E-state index contributed by atoms with van der Waals surface area (Å²) in [7, 11) is 1.71. The molecule has 1 fully saturated rings. The SMILES string of the molecule is CC(C)C1NC(=O)C(C(C)C)N(C)C1=O. The van der Waals surface area contributed by atoms with Crippen molar-refractivity contribution < 1.29 is 9.59 Å². The highest BCUT2D eigenvalue weighted by Crippen LogP contribution is 2.18. The van der Waals surface area contributed by atoms with Crippen LogP contribution >= 0.6 is 0 Å². The summed E-state index contributed by atoms with van der Waals surface area (Å²) in [5.41, 5.74) is 0. The molecule has 86 valence electrons. The molecular formula is C11H20N2O2. The van der Waals surface area contributed by atoms with E-state index in [4.69, 9.17) is 0 Å². The molecule has 4 heteroatoms. The second-order valence-corrected chi connectivity index (χ2v) is 4.87. The van der Waals surface area contributed by atoms with Crippen LogP contribution in [-0.4, -0.2) is 35.8 Å². The predicted octanol–water partition coefficient (Wildman–Crippen LogP) is 0.624.